The van der Waals surface area contributed by atoms with Gasteiger partial charge in [0.1, 0.15) is 24.1 Å². The highest BCUT2D eigenvalue weighted by molar-refractivity contribution is 7.53. The fraction of sp³-hybridized carbons (Fsp3) is 0.455. The van der Waals surface area contributed by atoms with Crippen LogP contribution in [0.15, 0.2) is 30.3 Å². The van der Waals surface area contributed by atoms with Crippen molar-refractivity contribution in [3.8, 4) is 5.75 Å². The number of aliphatic hydroxyl groups excluding tert-OH is 3. The first-order valence-corrected chi connectivity index (χ1v) is 7.29. The first-order chi connectivity index (χ1) is 8.92. The van der Waals surface area contributed by atoms with E-state index in [1.807, 2.05) is 0 Å². The quantitative estimate of drug-likeness (QED) is 0.564. The number of ether oxygens (including phenoxy) is 1. The van der Waals surface area contributed by atoms with Crippen molar-refractivity contribution in [2.75, 3.05) is 6.61 Å². The fourth-order valence-corrected chi connectivity index (χ4v) is 3.13. The van der Waals surface area contributed by atoms with Crippen molar-refractivity contribution in [3.05, 3.63) is 30.3 Å². The predicted octanol–water partition coefficient (Wildman–Crippen LogP) is -0.310. The Morgan fingerprint density at radius 1 is 1.16 bits per heavy atom. The molecule has 19 heavy (non-hydrogen) atoms. The average molecular weight is 290 g/mol. The molecule has 1 fully saturated rings. The Morgan fingerprint density at radius 2 is 1.79 bits per heavy atom. The molecule has 1 aliphatic heterocycles. The van der Waals surface area contributed by atoms with Crippen LogP contribution in [0.5, 0.6) is 5.75 Å². The van der Waals surface area contributed by atoms with E-state index in [9.17, 15) is 24.8 Å². The summed E-state index contributed by atoms with van der Waals surface area (Å²) in [6.45, 7) is -0.356. The average Bonchev–Trinajstić information content (AvgIpc) is 2.36. The molecule has 0 aliphatic carbocycles. The van der Waals surface area contributed by atoms with Crippen molar-refractivity contribution in [2.45, 2.75) is 24.2 Å². The highest BCUT2D eigenvalue weighted by Crippen LogP contribution is 2.51. The number of hydrogen-bond donors (Lipinski definition) is 4. The molecule has 5 atom stereocenters. The summed E-state index contributed by atoms with van der Waals surface area (Å²) in [6.07, 6.45) is -4.56. The maximum atomic E-state index is 12.1. The molecule has 2 rings (SSSR count). The Balaban J connectivity index is 2.13. The predicted molar refractivity (Wildman–Crippen MR) is 64.7 cm³/mol. The molecule has 0 amide bonds. The highest BCUT2D eigenvalue weighted by atomic mass is 31.2. The zero-order valence-electron chi connectivity index (χ0n) is 9.86. The smallest absolute Gasteiger partial charge is 0.408 e. The number of rotatable bonds is 3. The van der Waals surface area contributed by atoms with Gasteiger partial charge in [-0.2, -0.15) is 0 Å². The minimum absolute atomic E-state index is 0.143. The van der Waals surface area contributed by atoms with Crippen LogP contribution in [0.4, 0.5) is 0 Å². The SMILES string of the molecule is O=P(O)(Oc1ccccc1)C1OC[C@@H](O)[C@H](O)[C@H]1O. The molecule has 0 radical (unpaired) electrons. The summed E-state index contributed by atoms with van der Waals surface area (Å²) in [6, 6.07) is 7.89. The van der Waals surface area contributed by atoms with Gasteiger partial charge in [0.05, 0.1) is 6.61 Å². The van der Waals surface area contributed by atoms with Crippen LogP contribution in [0.1, 0.15) is 0 Å². The van der Waals surface area contributed by atoms with Gasteiger partial charge < -0.3 is 29.5 Å². The second-order valence-electron chi connectivity index (χ2n) is 4.24. The van der Waals surface area contributed by atoms with E-state index in [4.69, 9.17) is 9.26 Å². The maximum absolute atomic E-state index is 12.1. The Labute approximate surface area is 109 Å². The van der Waals surface area contributed by atoms with Gasteiger partial charge in [-0.25, -0.2) is 4.57 Å². The van der Waals surface area contributed by atoms with Gasteiger partial charge in [-0.15, -0.1) is 0 Å². The lowest BCUT2D eigenvalue weighted by Gasteiger charge is -2.36. The summed E-state index contributed by atoms with van der Waals surface area (Å²) in [5.74, 6) is -1.46. The Morgan fingerprint density at radius 3 is 2.42 bits per heavy atom. The van der Waals surface area contributed by atoms with Crippen molar-refractivity contribution in [3.63, 3.8) is 0 Å². The van der Waals surface area contributed by atoms with Crippen LogP contribution in [0.25, 0.3) is 0 Å². The third kappa shape index (κ3) is 3.14. The second-order valence-corrected chi connectivity index (χ2v) is 6.06. The third-order valence-corrected chi connectivity index (χ3v) is 4.35. The zero-order valence-corrected chi connectivity index (χ0v) is 10.8. The van der Waals surface area contributed by atoms with Gasteiger partial charge >= 0.3 is 7.60 Å². The minimum atomic E-state index is -4.35. The van der Waals surface area contributed by atoms with E-state index in [0.717, 1.165) is 0 Å². The normalized spacial score (nSPS) is 34.5. The molecule has 0 saturated carbocycles. The molecule has 1 aliphatic rings. The molecule has 1 aromatic carbocycles. The highest BCUT2D eigenvalue weighted by Gasteiger charge is 2.48. The van der Waals surface area contributed by atoms with Crippen LogP contribution in [0.3, 0.4) is 0 Å². The van der Waals surface area contributed by atoms with Crippen LogP contribution in [-0.2, 0) is 9.30 Å². The van der Waals surface area contributed by atoms with Crippen LogP contribution in [-0.4, -0.2) is 51.0 Å². The molecule has 1 heterocycles. The number of hydrogen-bond acceptors (Lipinski definition) is 6. The van der Waals surface area contributed by atoms with Crippen molar-refractivity contribution < 1.29 is 34.0 Å². The Hall–Kier alpha value is -0.950. The molecular weight excluding hydrogens is 275 g/mol. The van der Waals surface area contributed by atoms with Gasteiger partial charge in [0.25, 0.3) is 0 Å². The summed E-state index contributed by atoms with van der Waals surface area (Å²) >= 11 is 0. The lowest BCUT2D eigenvalue weighted by atomic mass is 10.1. The number of para-hydroxylation sites is 1. The molecule has 1 aromatic rings. The molecule has 0 aromatic heterocycles. The fourth-order valence-electron chi connectivity index (χ4n) is 1.76. The van der Waals surface area contributed by atoms with Crippen molar-refractivity contribution in [2.24, 2.45) is 0 Å². The summed E-state index contributed by atoms with van der Waals surface area (Å²) in [7, 11) is -4.35. The van der Waals surface area contributed by atoms with E-state index in [1.54, 1.807) is 18.2 Å². The van der Waals surface area contributed by atoms with E-state index >= 15 is 0 Å². The Kier molecular flexibility index (Phi) is 4.25. The van der Waals surface area contributed by atoms with Gasteiger partial charge in [0.2, 0.25) is 0 Å². The topological polar surface area (TPSA) is 116 Å². The lowest BCUT2D eigenvalue weighted by Crippen LogP contribution is -2.52. The van der Waals surface area contributed by atoms with Crippen LogP contribution < -0.4 is 4.52 Å². The largest absolute Gasteiger partial charge is 0.423 e. The molecule has 1 saturated heterocycles. The number of aliphatic hydroxyl groups is 3. The minimum Gasteiger partial charge on any atom is -0.423 e. The van der Waals surface area contributed by atoms with Gasteiger partial charge in [-0.1, -0.05) is 18.2 Å². The maximum Gasteiger partial charge on any atom is 0.408 e. The van der Waals surface area contributed by atoms with E-state index in [-0.39, 0.29) is 12.4 Å². The van der Waals surface area contributed by atoms with Crippen LogP contribution >= 0.6 is 7.60 Å². The molecule has 8 heteroatoms. The van der Waals surface area contributed by atoms with Crippen LogP contribution in [0.2, 0.25) is 0 Å². The molecule has 0 bridgehead atoms. The van der Waals surface area contributed by atoms with E-state index in [1.165, 1.54) is 12.1 Å². The Bertz CT molecular complexity index is 465. The second kappa shape index (κ2) is 5.58. The summed E-state index contributed by atoms with van der Waals surface area (Å²) in [4.78, 5) is 9.82. The van der Waals surface area contributed by atoms with E-state index in [2.05, 4.69) is 0 Å². The summed E-state index contributed by atoms with van der Waals surface area (Å²) in [5, 5.41) is 28.4. The third-order valence-electron chi connectivity index (χ3n) is 2.78. The van der Waals surface area contributed by atoms with Crippen molar-refractivity contribution in [1.82, 2.24) is 0 Å². The summed E-state index contributed by atoms with van der Waals surface area (Å²) in [5.41, 5.74) is 0. The molecule has 106 valence electrons. The monoisotopic (exact) mass is 290 g/mol. The van der Waals surface area contributed by atoms with Crippen molar-refractivity contribution >= 4 is 7.60 Å². The molecule has 2 unspecified atom stereocenters. The lowest BCUT2D eigenvalue weighted by molar-refractivity contribution is -0.167. The van der Waals surface area contributed by atoms with Gasteiger partial charge in [0, 0.05) is 0 Å². The van der Waals surface area contributed by atoms with Gasteiger partial charge in [-0.05, 0) is 12.1 Å². The molecular formula is C11H15O7P. The first kappa shape index (κ1) is 14.5. The van der Waals surface area contributed by atoms with Crippen molar-refractivity contribution in [1.29, 1.82) is 0 Å². The molecule has 7 nitrogen and oxygen atoms in total. The van der Waals surface area contributed by atoms with E-state index in [0.29, 0.717) is 0 Å². The first-order valence-electron chi connectivity index (χ1n) is 5.65. The van der Waals surface area contributed by atoms with Gasteiger partial charge in [0.15, 0.2) is 5.85 Å². The standard InChI is InChI=1S/C11H15O7P/c12-8-6-17-11(10(14)9(8)13)19(15,16)18-7-4-2-1-3-5-7/h1-5,8-14H,6H2,(H,15,16)/t8-,9+,10-,11?/m1/s1. The zero-order chi connectivity index (χ0) is 14.0. The van der Waals surface area contributed by atoms with Crippen LogP contribution in [0, 0.1) is 0 Å². The van der Waals surface area contributed by atoms with E-state index < -0.39 is 31.8 Å². The summed E-state index contributed by atoms with van der Waals surface area (Å²) < 4.78 is 21.9. The molecule has 0 spiro atoms. The molecule has 4 N–H and O–H groups in total. The number of benzene rings is 1. The van der Waals surface area contributed by atoms with Gasteiger partial charge in [-0.3, -0.25) is 0 Å².